The fraction of sp³-hybridized carbons (Fsp3) is 0. The minimum atomic E-state index is -0.144. The summed E-state index contributed by atoms with van der Waals surface area (Å²) in [4.78, 5) is 3.08. The van der Waals surface area contributed by atoms with Gasteiger partial charge in [0, 0.05) is 0 Å². The SMILES string of the molecule is c1ccc([Te]c2cc[nH]c2)cc1. The predicted molar refractivity (Wildman–Crippen MR) is 52.3 cm³/mol. The van der Waals surface area contributed by atoms with E-state index in [2.05, 4.69) is 47.6 Å². The van der Waals surface area contributed by atoms with E-state index in [1.807, 2.05) is 6.20 Å². The Bertz CT molecular complexity index is 326. The number of nitrogens with one attached hydrogen (secondary N) is 1. The van der Waals surface area contributed by atoms with Gasteiger partial charge < -0.3 is 0 Å². The van der Waals surface area contributed by atoms with Crippen molar-refractivity contribution in [3.05, 3.63) is 48.8 Å². The molecule has 1 aromatic heterocycles. The topological polar surface area (TPSA) is 15.8 Å². The van der Waals surface area contributed by atoms with Crippen LogP contribution in [-0.4, -0.2) is 25.9 Å². The van der Waals surface area contributed by atoms with Crippen molar-refractivity contribution in [2.24, 2.45) is 0 Å². The van der Waals surface area contributed by atoms with Crippen molar-refractivity contribution in [1.29, 1.82) is 0 Å². The Morgan fingerprint density at radius 1 is 0.917 bits per heavy atom. The van der Waals surface area contributed by atoms with Gasteiger partial charge >= 0.3 is 81.9 Å². The number of aromatic amines is 1. The summed E-state index contributed by atoms with van der Waals surface area (Å²) < 4.78 is 2.95. The van der Waals surface area contributed by atoms with E-state index in [1.54, 1.807) is 0 Å². The van der Waals surface area contributed by atoms with Crippen molar-refractivity contribution in [3.8, 4) is 0 Å². The molecule has 0 aliphatic heterocycles. The minimum absolute atomic E-state index is 0.144. The van der Waals surface area contributed by atoms with E-state index in [4.69, 9.17) is 0 Å². The van der Waals surface area contributed by atoms with E-state index in [1.165, 1.54) is 7.22 Å². The molecule has 1 N–H and O–H groups in total. The van der Waals surface area contributed by atoms with Crippen LogP contribution in [0, 0.1) is 0 Å². The molecule has 12 heavy (non-hydrogen) atoms. The quantitative estimate of drug-likeness (QED) is 0.773. The van der Waals surface area contributed by atoms with Gasteiger partial charge in [0.25, 0.3) is 0 Å². The second-order valence-corrected chi connectivity index (χ2v) is 5.74. The molecule has 0 bridgehead atoms. The van der Waals surface area contributed by atoms with Crippen molar-refractivity contribution in [3.63, 3.8) is 0 Å². The predicted octanol–water partition coefficient (Wildman–Crippen LogP) is 0.670. The maximum atomic E-state index is 3.08. The van der Waals surface area contributed by atoms with Gasteiger partial charge in [0.1, 0.15) is 0 Å². The zero-order valence-corrected chi connectivity index (χ0v) is 8.86. The molecule has 0 radical (unpaired) electrons. The molecule has 2 aromatic rings. The van der Waals surface area contributed by atoms with Gasteiger partial charge in [-0.15, -0.1) is 0 Å². The normalized spacial score (nSPS) is 10.0. The van der Waals surface area contributed by atoms with Gasteiger partial charge in [0.15, 0.2) is 0 Å². The molecular formula is C10H9NTe. The molecule has 2 rings (SSSR count). The van der Waals surface area contributed by atoms with Crippen molar-refractivity contribution < 1.29 is 0 Å². The molecule has 0 atom stereocenters. The number of hydrogen-bond acceptors (Lipinski definition) is 0. The van der Waals surface area contributed by atoms with Crippen LogP contribution in [-0.2, 0) is 0 Å². The van der Waals surface area contributed by atoms with Crippen LogP contribution >= 0.6 is 0 Å². The van der Waals surface area contributed by atoms with Crippen LogP contribution < -0.4 is 7.22 Å². The fourth-order valence-electron chi connectivity index (χ4n) is 0.997. The van der Waals surface area contributed by atoms with Crippen LogP contribution in [0.5, 0.6) is 0 Å². The Morgan fingerprint density at radius 3 is 2.42 bits per heavy atom. The summed E-state index contributed by atoms with van der Waals surface area (Å²) in [6.45, 7) is 0. The van der Waals surface area contributed by atoms with Crippen molar-refractivity contribution >= 4 is 28.1 Å². The van der Waals surface area contributed by atoms with Crippen LogP contribution in [0.2, 0.25) is 0 Å². The number of benzene rings is 1. The summed E-state index contributed by atoms with van der Waals surface area (Å²) in [6.07, 6.45) is 4.08. The Labute approximate surface area is 81.9 Å². The fourth-order valence-corrected chi connectivity index (χ4v) is 3.36. The second-order valence-electron chi connectivity index (χ2n) is 2.46. The van der Waals surface area contributed by atoms with E-state index in [0.717, 1.165) is 0 Å². The second kappa shape index (κ2) is 3.80. The van der Waals surface area contributed by atoms with Crippen LogP contribution in [0.3, 0.4) is 0 Å². The summed E-state index contributed by atoms with van der Waals surface area (Å²) in [7, 11) is 0. The molecule has 0 spiro atoms. The molecule has 60 valence electrons. The molecule has 0 amide bonds. The maximum absolute atomic E-state index is 3.08. The zero-order chi connectivity index (χ0) is 8.23. The zero-order valence-electron chi connectivity index (χ0n) is 6.53. The summed E-state index contributed by atoms with van der Waals surface area (Å²) in [5.74, 6) is 0. The van der Waals surface area contributed by atoms with E-state index in [0.29, 0.717) is 0 Å². The summed E-state index contributed by atoms with van der Waals surface area (Å²) >= 11 is -0.144. The first kappa shape index (κ1) is 7.91. The Balaban J connectivity index is 2.15. The van der Waals surface area contributed by atoms with Crippen LogP contribution in [0.1, 0.15) is 0 Å². The monoisotopic (exact) mass is 273 g/mol. The van der Waals surface area contributed by atoms with E-state index in [-0.39, 0.29) is 20.9 Å². The Hall–Kier alpha value is -0.710. The third-order valence-electron chi connectivity index (χ3n) is 1.55. The average Bonchev–Trinajstić information content (AvgIpc) is 2.59. The van der Waals surface area contributed by atoms with E-state index >= 15 is 0 Å². The molecule has 0 fully saturated rings. The number of H-pyrrole nitrogens is 1. The summed E-state index contributed by atoms with van der Waals surface area (Å²) in [5, 5.41) is 0. The number of rotatable bonds is 2. The first-order chi connectivity index (χ1) is 5.95. The van der Waals surface area contributed by atoms with E-state index < -0.39 is 0 Å². The molecule has 0 saturated carbocycles. The number of hydrogen-bond donors (Lipinski definition) is 1. The molecule has 1 heterocycles. The standard InChI is InChI=1S/C10H9NTe/c1-2-4-9(5-3-1)12-10-6-7-11-8-10/h1-8,11H. The molecule has 0 unspecified atom stereocenters. The van der Waals surface area contributed by atoms with Gasteiger partial charge in [-0.3, -0.25) is 0 Å². The van der Waals surface area contributed by atoms with E-state index in [9.17, 15) is 0 Å². The number of aromatic nitrogens is 1. The van der Waals surface area contributed by atoms with Gasteiger partial charge in [0.05, 0.1) is 0 Å². The Kier molecular flexibility index (Phi) is 2.51. The van der Waals surface area contributed by atoms with Gasteiger partial charge in [-0.2, -0.15) is 0 Å². The molecule has 0 saturated heterocycles. The van der Waals surface area contributed by atoms with Gasteiger partial charge in [0.2, 0.25) is 0 Å². The first-order valence-corrected chi connectivity index (χ1v) is 6.14. The third kappa shape index (κ3) is 1.91. The van der Waals surface area contributed by atoms with Crippen LogP contribution in [0.4, 0.5) is 0 Å². The van der Waals surface area contributed by atoms with Crippen LogP contribution in [0.25, 0.3) is 0 Å². The summed E-state index contributed by atoms with van der Waals surface area (Å²) in [5.41, 5.74) is 0. The molecular weight excluding hydrogens is 262 g/mol. The molecule has 0 aliphatic carbocycles. The molecule has 1 aromatic carbocycles. The van der Waals surface area contributed by atoms with Gasteiger partial charge in [-0.1, -0.05) is 0 Å². The first-order valence-electron chi connectivity index (χ1n) is 3.81. The molecule has 2 heteroatoms. The van der Waals surface area contributed by atoms with Crippen molar-refractivity contribution in [2.45, 2.75) is 0 Å². The van der Waals surface area contributed by atoms with Gasteiger partial charge in [-0.25, -0.2) is 0 Å². The average molecular weight is 271 g/mol. The third-order valence-corrected chi connectivity index (χ3v) is 4.40. The van der Waals surface area contributed by atoms with Crippen LogP contribution in [0.15, 0.2) is 48.8 Å². The van der Waals surface area contributed by atoms with Gasteiger partial charge in [-0.05, 0) is 0 Å². The van der Waals surface area contributed by atoms with Crippen molar-refractivity contribution in [2.75, 3.05) is 0 Å². The molecule has 1 nitrogen and oxygen atoms in total. The summed E-state index contributed by atoms with van der Waals surface area (Å²) in [6, 6.07) is 12.8. The molecule has 0 aliphatic rings. The Morgan fingerprint density at radius 2 is 1.75 bits per heavy atom. The van der Waals surface area contributed by atoms with Crippen molar-refractivity contribution in [1.82, 2.24) is 4.98 Å².